The zero-order chi connectivity index (χ0) is 13.4. The summed E-state index contributed by atoms with van der Waals surface area (Å²) in [5.41, 5.74) is 1.07. The molecule has 110 valence electrons. The van der Waals surface area contributed by atoms with Gasteiger partial charge in [0.15, 0.2) is 0 Å². The minimum Gasteiger partial charge on any atom is -0.352 e. The van der Waals surface area contributed by atoms with Crippen LogP contribution in [0, 0.1) is 5.92 Å². The lowest BCUT2D eigenvalue weighted by atomic mass is 10.1. The molecule has 0 aromatic heterocycles. The van der Waals surface area contributed by atoms with E-state index in [2.05, 4.69) is 10.6 Å². The molecule has 1 saturated carbocycles. The molecule has 3 unspecified atom stereocenters. The van der Waals surface area contributed by atoms with Gasteiger partial charge in [0, 0.05) is 28.5 Å². The quantitative estimate of drug-likeness (QED) is 0.891. The molecule has 6 heteroatoms. The Bertz CT molecular complexity index is 483. The zero-order valence-electron chi connectivity index (χ0n) is 10.9. The van der Waals surface area contributed by atoms with Gasteiger partial charge < -0.3 is 10.6 Å². The molecule has 1 aliphatic heterocycles. The fourth-order valence-electron chi connectivity index (χ4n) is 2.73. The first-order chi connectivity index (χ1) is 9.13. The van der Waals surface area contributed by atoms with Gasteiger partial charge in [0.2, 0.25) is 5.91 Å². The van der Waals surface area contributed by atoms with Crippen molar-refractivity contribution < 1.29 is 4.79 Å². The van der Waals surface area contributed by atoms with Gasteiger partial charge in [0.05, 0.1) is 0 Å². The highest BCUT2D eigenvalue weighted by atomic mass is 35.5. The lowest BCUT2D eigenvalue weighted by molar-refractivity contribution is -0.123. The lowest BCUT2D eigenvalue weighted by Gasteiger charge is -2.11. The first-order valence-corrected chi connectivity index (χ1v) is 7.36. The summed E-state index contributed by atoms with van der Waals surface area (Å²) in [5, 5.41) is 7.61. The van der Waals surface area contributed by atoms with Crippen molar-refractivity contribution in [1.29, 1.82) is 0 Å². The SMILES string of the molecule is Cl.O=C(NC1CCNC1)C1CC1c1cc(Cl)cc(Cl)c1. The summed E-state index contributed by atoms with van der Waals surface area (Å²) in [6.45, 7) is 1.87. The number of carbonyl (C=O) groups excluding carboxylic acids is 1. The predicted octanol–water partition coefficient (Wildman–Crippen LogP) is 3.00. The molecule has 1 aromatic rings. The van der Waals surface area contributed by atoms with E-state index in [0.29, 0.717) is 10.0 Å². The second-order valence-corrected chi connectivity index (χ2v) is 6.22. The van der Waals surface area contributed by atoms with E-state index < -0.39 is 0 Å². The van der Waals surface area contributed by atoms with Gasteiger partial charge in [0.25, 0.3) is 0 Å². The summed E-state index contributed by atoms with van der Waals surface area (Å²) in [7, 11) is 0. The smallest absolute Gasteiger partial charge is 0.224 e. The number of nitrogens with one attached hydrogen (secondary N) is 2. The lowest BCUT2D eigenvalue weighted by Crippen LogP contribution is -2.37. The summed E-state index contributed by atoms with van der Waals surface area (Å²) in [5.74, 6) is 0.510. The first kappa shape index (κ1) is 15.9. The highest BCUT2D eigenvalue weighted by Gasteiger charge is 2.44. The van der Waals surface area contributed by atoms with Gasteiger partial charge in [-0.05, 0) is 49.1 Å². The van der Waals surface area contributed by atoms with Crippen LogP contribution in [0.15, 0.2) is 18.2 Å². The molecule has 1 aliphatic carbocycles. The molecule has 2 fully saturated rings. The van der Waals surface area contributed by atoms with Crippen molar-refractivity contribution in [3.8, 4) is 0 Å². The summed E-state index contributed by atoms with van der Waals surface area (Å²) >= 11 is 12.0. The standard InChI is InChI=1S/C14H16Cl2N2O.ClH/c15-9-3-8(4-10(16)5-9)12-6-13(12)14(19)18-11-1-2-17-7-11;/h3-5,11-13,17H,1-2,6-7H2,(H,18,19);1H. The average Bonchev–Trinajstić information content (AvgIpc) is 3.00. The molecule has 2 aliphatic rings. The summed E-state index contributed by atoms with van der Waals surface area (Å²) in [4.78, 5) is 12.1. The van der Waals surface area contributed by atoms with E-state index in [4.69, 9.17) is 23.2 Å². The minimum absolute atomic E-state index is 0. The van der Waals surface area contributed by atoms with Gasteiger partial charge in [-0.25, -0.2) is 0 Å². The summed E-state index contributed by atoms with van der Waals surface area (Å²) in [6.07, 6.45) is 1.91. The Hall–Kier alpha value is -0.480. The number of amides is 1. The Morgan fingerprint density at radius 3 is 2.55 bits per heavy atom. The number of benzene rings is 1. The monoisotopic (exact) mass is 334 g/mol. The van der Waals surface area contributed by atoms with Gasteiger partial charge in [0.1, 0.15) is 0 Å². The molecular formula is C14H17Cl3N2O. The van der Waals surface area contributed by atoms with Crippen molar-refractivity contribution in [1.82, 2.24) is 10.6 Å². The van der Waals surface area contributed by atoms with Crippen LogP contribution in [0.2, 0.25) is 10.0 Å². The maximum absolute atomic E-state index is 12.1. The number of hydrogen-bond acceptors (Lipinski definition) is 2. The Morgan fingerprint density at radius 1 is 1.25 bits per heavy atom. The van der Waals surface area contributed by atoms with Crippen LogP contribution < -0.4 is 10.6 Å². The highest BCUT2D eigenvalue weighted by Crippen LogP contribution is 2.48. The van der Waals surface area contributed by atoms with Crippen molar-refractivity contribution in [3.05, 3.63) is 33.8 Å². The van der Waals surface area contributed by atoms with Gasteiger partial charge in [-0.1, -0.05) is 23.2 Å². The Kier molecular flexibility index (Phi) is 5.19. The van der Waals surface area contributed by atoms with Gasteiger partial charge in [-0.3, -0.25) is 4.79 Å². The number of hydrogen-bond donors (Lipinski definition) is 2. The molecular weight excluding hydrogens is 319 g/mol. The molecule has 3 nitrogen and oxygen atoms in total. The molecule has 1 saturated heterocycles. The van der Waals surface area contributed by atoms with Crippen molar-refractivity contribution >= 4 is 41.5 Å². The van der Waals surface area contributed by atoms with Crippen LogP contribution in [0.4, 0.5) is 0 Å². The Morgan fingerprint density at radius 2 is 1.95 bits per heavy atom. The minimum atomic E-state index is 0. The van der Waals surface area contributed by atoms with Crippen molar-refractivity contribution in [2.24, 2.45) is 5.92 Å². The molecule has 0 spiro atoms. The molecule has 1 amide bonds. The van der Waals surface area contributed by atoms with Crippen molar-refractivity contribution in [3.63, 3.8) is 0 Å². The summed E-state index contributed by atoms with van der Waals surface area (Å²) in [6, 6.07) is 5.82. The Labute approximate surface area is 134 Å². The van der Waals surface area contributed by atoms with Gasteiger partial charge in [-0.2, -0.15) is 0 Å². The van der Waals surface area contributed by atoms with Crippen molar-refractivity contribution in [2.45, 2.75) is 24.8 Å². The molecule has 2 N–H and O–H groups in total. The molecule has 3 rings (SSSR count). The first-order valence-electron chi connectivity index (χ1n) is 6.60. The van der Waals surface area contributed by atoms with E-state index in [0.717, 1.165) is 31.5 Å². The second-order valence-electron chi connectivity index (χ2n) is 5.35. The molecule has 0 radical (unpaired) electrons. The number of carbonyl (C=O) groups is 1. The van der Waals surface area contributed by atoms with E-state index in [1.54, 1.807) is 6.07 Å². The van der Waals surface area contributed by atoms with Crippen LogP contribution in [0.3, 0.4) is 0 Å². The van der Waals surface area contributed by atoms with Gasteiger partial charge in [-0.15, -0.1) is 12.4 Å². The third-order valence-corrected chi connectivity index (χ3v) is 4.28. The summed E-state index contributed by atoms with van der Waals surface area (Å²) < 4.78 is 0. The molecule has 1 aromatic carbocycles. The van der Waals surface area contributed by atoms with E-state index >= 15 is 0 Å². The predicted molar refractivity (Wildman–Crippen MR) is 84.0 cm³/mol. The highest BCUT2D eigenvalue weighted by molar-refractivity contribution is 6.34. The molecule has 3 atom stereocenters. The molecule has 0 bridgehead atoms. The number of halogens is 3. The maximum Gasteiger partial charge on any atom is 0.224 e. The molecule has 1 heterocycles. The van der Waals surface area contributed by atoms with Gasteiger partial charge >= 0.3 is 0 Å². The number of rotatable bonds is 3. The van der Waals surface area contributed by atoms with Crippen LogP contribution in [0.25, 0.3) is 0 Å². The van der Waals surface area contributed by atoms with Crippen LogP contribution in [0.1, 0.15) is 24.3 Å². The van der Waals surface area contributed by atoms with Crippen LogP contribution in [-0.2, 0) is 4.79 Å². The molecule has 20 heavy (non-hydrogen) atoms. The fourth-order valence-corrected chi connectivity index (χ4v) is 3.27. The topological polar surface area (TPSA) is 41.1 Å². The van der Waals surface area contributed by atoms with Crippen LogP contribution in [0.5, 0.6) is 0 Å². The third-order valence-electron chi connectivity index (χ3n) is 3.85. The van der Waals surface area contributed by atoms with E-state index in [9.17, 15) is 4.79 Å². The third kappa shape index (κ3) is 3.59. The largest absolute Gasteiger partial charge is 0.352 e. The second kappa shape index (κ2) is 6.52. The average molecular weight is 336 g/mol. The van der Waals surface area contributed by atoms with Crippen LogP contribution >= 0.6 is 35.6 Å². The van der Waals surface area contributed by atoms with Crippen molar-refractivity contribution in [2.75, 3.05) is 13.1 Å². The van der Waals surface area contributed by atoms with E-state index in [1.165, 1.54) is 0 Å². The zero-order valence-corrected chi connectivity index (χ0v) is 13.2. The van der Waals surface area contributed by atoms with E-state index in [1.807, 2.05) is 12.1 Å². The van der Waals surface area contributed by atoms with E-state index in [-0.39, 0.29) is 36.2 Å². The Balaban J connectivity index is 0.00000147. The normalized spacial score (nSPS) is 27.8. The maximum atomic E-state index is 12.1. The van der Waals surface area contributed by atoms with Crippen LogP contribution in [-0.4, -0.2) is 25.0 Å². The fraction of sp³-hybridized carbons (Fsp3) is 0.500.